The molecule has 1 aromatic carbocycles. The zero-order valence-electron chi connectivity index (χ0n) is 11.2. The van der Waals surface area contributed by atoms with Gasteiger partial charge in [0.05, 0.1) is 23.6 Å². The second kappa shape index (κ2) is 6.65. The maximum Gasteiger partial charge on any atom is 0.337 e. The second-order valence-electron chi connectivity index (χ2n) is 4.56. The summed E-state index contributed by atoms with van der Waals surface area (Å²) in [6.07, 6.45) is 3.01. The monoisotopic (exact) mass is 295 g/mol. The summed E-state index contributed by atoms with van der Waals surface area (Å²) in [5.74, 6) is 0.286. The number of amides is 1. The lowest BCUT2D eigenvalue weighted by molar-refractivity contribution is -0.115. The fraction of sp³-hybridized carbons (Fsp3) is 0.429. The molecule has 2 rings (SSSR count). The largest absolute Gasteiger partial charge is 0.497 e. The number of hydrogen-bond donors (Lipinski definition) is 2. The number of nitrogens with one attached hydrogen (secondary N) is 1. The Hall–Kier alpha value is -1.69. The molecule has 0 aliphatic carbocycles. The maximum atomic E-state index is 12.2. The van der Waals surface area contributed by atoms with Gasteiger partial charge in [0.1, 0.15) is 5.75 Å². The molecule has 0 saturated carbocycles. The van der Waals surface area contributed by atoms with E-state index in [-0.39, 0.29) is 22.4 Å². The molecular weight excluding hydrogens is 278 g/mol. The predicted octanol–water partition coefficient (Wildman–Crippen LogP) is 2.62. The predicted molar refractivity (Wildman–Crippen MR) is 78.7 cm³/mol. The van der Waals surface area contributed by atoms with Crippen molar-refractivity contribution in [3.05, 3.63) is 23.8 Å². The van der Waals surface area contributed by atoms with Crippen LogP contribution < -0.4 is 10.1 Å². The highest BCUT2D eigenvalue weighted by Crippen LogP contribution is 2.28. The number of benzene rings is 1. The average molecular weight is 295 g/mol. The van der Waals surface area contributed by atoms with Crippen LogP contribution in [-0.2, 0) is 4.79 Å². The van der Waals surface area contributed by atoms with Gasteiger partial charge in [-0.05, 0) is 30.7 Å². The minimum atomic E-state index is -1.07. The molecule has 1 aromatic rings. The molecule has 1 saturated heterocycles. The van der Waals surface area contributed by atoms with E-state index in [2.05, 4.69) is 5.32 Å². The number of carbonyl (C=O) groups is 2. The first-order chi connectivity index (χ1) is 9.61. The summed E-state index contributed by atoms with van der Waals surface area (Å²) in [6, 6.07) is 4.54. The van der Waals surface area contributed by atoms with Gasteiger partial charge in [-0.3, -0.25) is 4.79 Å². The summed E-state index contributed by atoms with van der Waals surface area (Å²) in [7, 11) is 1.50. The fourth-order valence-electron chi connectivity index (χ4n) is 2.10. The zero-order chi connectivity index (χ0) is 14.5. The summed E-state index contributed by atoms with van der Waals surface area (Å²) in [5.41, 5.74) is 0.355. The van der Waals surface area contributed by atoms with Crippen molar-refractivity contribution in [2.24, 2.45) is 0 Å². The molecule has 1 amide bonds. The second-order valence-corrected chi connectivity index (χ2v) is 5.87. The first kappa shape index (κ1) is 14.7. The first-order valence-corrected chi connectivity index (χ1v) is 7.50. The Morgan fingerprint density at radius 2 is 2.20 bits per heavy atom. The molecule has 108 valence electrons. The van der Waals surface area contributed by atoms with Crippen LogP contribution >= 0.6 is 11.8 Å². The smallest absolute Gasteiger partial charge is 0.337 e. The summed E-state index contributed by atoms with van der Waals surface area (Å²) in [5, 5.41) is 11.8. The highest BCUT2D eigenvalue weighted by Gasteiger charge is 2.23. The third-order valence-corrected chi connectivity index (χ3v) is 4.56. The van der Waals surface area contributed by atoms with Crippen molar-refractivity contribution in [2.75, 3.05) is 18.2 Å². The van der Waals surface area contributed by atoms with Crippen molar-refractivity contribution in [1.82, 2.24) is 0 Å². The summed E-state index contributed by atoms with van der Waals surface area (Å²) in [4.78, 5) is 23.4. The molecule has 0 bridgehead atoms. The van der Waals surface area contributed by atoms with Crippen LogP contribution in [0, 0.1) is 0 Å². The molecule has 20 heavy (non-hydrogen) atoms. The van der Waals surface area contributed by atoms with Crippen molar-refractivity contribution < 1.29 is 19.4 Å². The number of anilines is 1. The third kappa shape index (κ3) is 3.45. The van der Waals surface area contributed by atoms with E-state index in [1.54, 1.807) is 17.8 Å². The van der Waals surface area contributed by atoms with Crippen molar-refractivity contribution in [3.8, 4) is 5.75 Å². The lowest BCUT2D eigenvalue weighted by atomic mass is 10.1. The molecule has 6 heteroatoms. The normalized spacial score (nSPS) is 18.4. The quantitative estimate of drug-likeness (QED) is 0.893. The van der Waals surface area contributed by atoms with Crippen molar-refractivity contribution in [1.29, 1.82) is 0 Å². The number of ether oxygens (including phenoxy) is 1. The van der Waals surface area contributed by atoms with Crippen LogP contribution in [0.15, 0.2) is 18.2 Å². The Labute approximate surface area is 121 Å². The first-order valence-electron chi connectivity index (χ1n) is 6.45. The highest BCUT2D eigenvalue weighted by atomic mass is 32.2. The molecule has 1 fully saturated rings. The Morgan fingerprint density at radius 3 is 2.80 bits per heavy atom. The Morgan fingerprint density at radius 1 is 1.40 bits per heavy atom. The van der Waals surface area contributed by atoms with E-state index in [4.69, 9.17) is 9.84 Å². The van der Waals surface area contributed by atoms with Gasteiger partial charge in [-0.25, -0.2) is 4.79 Å². The van der Waals surface area contributed by atoms with E-state index >= 15 is 0 Å². The molecule has 1 heterocycles. The SMILES string of the molecule is COc1ccc(C(=O)O)c(NC(=O)C2CCCCS2)c1. The number of methoxy groups -OCH3 is 1. The van der Waals surface area contributed by atoms with E-state index in [0.717, 1.165) is 25.0 Å². The fourth-order valence-corrected chi connectivity index (χ4v) is 3.30. The minimum absolute atomic E-state index is 0.0694. The Balaban J connectivity index is 2.17. The number of rotatable bonds is 4. The van der Waals surface area contributed by atoms with E-state index in [1.807, 2.05) is 0 Å². The molecule has 0 spiro atoms. The van der Waals surface area contributed by atoms with Crippen molar-refractivity contribution in [2.45, 2.75) is 24.5 Å². The number of carboxylic acid groups (broad SMARTS) is 1. The molecule has 1 unspecified atom stereocenters. The van der Waals surface area contributed by atoms with Gasteiger partial charge < -0.3 is 15.2 Å². The van der Waals surface area contributed by atoms with Crippen molar-refractivity contribution >= 4 is 29.3 Å². The van der Waals surface area contributed by atoms with Gasteiger partial charge in [0, 0.05) is 6.07 Å². The molecule has 0 aromatic heterocycles. The summed E-state index contributed by atoms with van der Waals surface area (Å²) in [6.45, 7) is 0. The van der Waals surface area contributed by atoms with Crippen LogP contribution in [0.4, 0.5) is 5.69 Å². The van der Waals surface area contributed by atoms with E-state index < -0.39 is 5.97 Å². The number of aromatic carboxylic acids is 1. The zero-order valence-corrected chi connectivity index (χ0v) is 12.0. The molecule has 1 aliphatic rings. The lowest BCUT2D eigenvalue weighted by Gasteiger charge is -2.21. The van der Waals surface area contributed by atoms with Gasteiger partial charge in [0.2, 0.25) is 5.91 Å². The van der Waals surface area contributed by atoms with Gasteiger partial charge in [-0.1, -0.05) is 6.42 Å². The van der Waals surface area contributed by atoms with E-state index in [9.17, 15) is 9.59 Å². The number of carbonyl (C=O) groups excluding carboxylic acids is 1. The van der Waals surface area contributed by atoms with Crippen LogP contribution in [0.3, 0.4) is 0 Å². The molecule has 1 atom stereocenters. The minimum Gasteiger partial charge on any atom is -0.497 e. The van der Waals surface area contributed by atoms with Gasteiger partial charge >= 0.3 is 5.97 Å². The standard InChI is InChI=1S/C14H17NO4S/c1-19-9-5-6-10(14(17)18)11(8-9)15-13(16)12-4-2-3-7-20-12/h5-6,8,12H,2-4,7H2,1H3,(H,15,16)(H,17,18). The number of thioether (sulfide) groups is 1. The number of carboxylic acids is 1. The van der Waals surface area contributed by atoms with E-state index in [1.165, 1.54) is 19.2 Å². The van der Waals surface area contributed by atoms with Crippen LogP contribution in [0.1, 0.15) is 29.6 Å². The Bertz CT molecular complexity index is 512. The van der Waals surface area contributed by atoms with Gasteiger partial charge in [0.15, 0.2) is 0 Å². The number of hydrogen-bond acceptors (Lipinski definition) is 4. The highest BCUT2D eigenvalue weighted by molar-refractivity contribution is 8.00. The molecule has 5 nitrogen and oxygen atoms in total. The average Bonchev–Trinajstić information content (AvgIpc) is 2.47. The molecule has 1 aliphatic heterocycles. The maximum absolute atomic E-state index is 12.2. The lowest BCUT2D eigenvalue weighted by Crippen LogP contribution is -2.28. The molecule has 2 N–H and O–H groups in total. The van der Waals surface area contributed by atoms with Crippen molar-refractivity contribution in [3.63, 3.8) is 0 Å². The Kier molecular flexibility index (Phi) is 4.89. The van der Waals surface area contributed by atoms with Crippen LogP contribution in [0.2, 0.25) is 0 Å². The van der Waals surface area contributed by atoms with E-state index in [0.29, 0.717) is 5.75 Å². The van der Waals surface area contributed by atoms with Crippen LogP contribution in [-0.4, -0.2) is 35.1 Å². The van der Waals surface area contributed by atoms with Gasteiger partial charge in [-0.2, -0.15) is 0 Å². The van der Waals surface area contributed by atoms with Crippen LogP contribution in [0.25, 0.3) is 0 Å². The summed E-state index contributed by atoms with van der Waals surface area (Å²) < 4.78 is 5.07. The van der Waals surface area contributed by atoms with Gasteiger partial charge in [0.25, 0.3) is 0 Å². The summed E-state index contributed by atoms with van der Waals surface area (Å²) >= 11 is 1.62. The molecular formula is C14H17NO4S. The third-order valence-electron chi connectivity index (χ3n) is 3.19. The molecule has 0 radical (unpaired) electrons. The van der Waals surface area contributed by atoms with Gasteiger partial charge in [-0.15, -0.1) is 11.8 Å². The topological polar surface area (TPSA) is 75.6 Å². The van der Waals surface area contributed by atoms with Crippen LogP contribution in [0.5, 0.6) is 5.75 Å².